The van der Waals surface area contributed by atoms with Crippen molar-refractivity contribution in [1.29, 1.82) is 0 Å². The van der Waals surface area contributed by atoms with E-state index in [9.17, 15) is 4.79 Å². The second-order valence-corrected chi connectivity index (χ2v) is 3.65. The van der Waals surface area contributed by atoms with Gasteiger partial charge < -0.3 is 15.0 Å². The first-order valence-corrected chi connectivity index (χ1v) is 4.86. The Morgan fingerprint density at radius 2 is 2.27 bits per heavy atom. The number of nitrogens with zero attached hydrogens (tertiary/aromatic N) is 3. The second-order valence-electron chi connectivity index (χ2n) is 3.65. The highest BCUT2D eigenvalue weighted by Gasteiger charge is 2.18. The summed E-state index contributed by atoms with van der Waals surface area (Å²) in [6.45, 7) is 5.30. The summed E-state index contributed by atoms with van der Waals surface area (Å²) in [6, 6.07) is -0.321. The van der Waals surface area contributed by atoms with E-state index >= 15 is 0 Å². The molecular formula is C9H16N4O2. The highest BCUT2D eigenvalue weighted by atomic mass is 16.3. The van der Waals surface area contributed by atoms with Gasteiger partial charge >= 0.3 is 0 Å². The van der Waals surface area contributed by atoms with Crippen LogP contribution in [-0.4, -0.2) is 31.8 Å². The number of hydrogen-bond donors (Lipinski definition) is 2. The van der Waals surface area contributed by atoms with Crippen molar-refractivity contribution in [3.8, 4) is 0 Å². The number of aromatic nitrogens is 3. The molecule has 0 saturated heterocycles. The normalized spacial score (nSPS) is 12.9. The molecule has 0 aliphatic carbocycles. The molecule has 2 N–H and O–H groups in total. The number of nitrogens with one attached hydrogen (secondary N) is 1. The minimum atomic E-state index is -0.412. The van der Waals surface area contributed by atoms with Crippen molar-refractivity contribution in [2.75, 3.05) is 0 Å². The summed E-state index contributed by atoms with van der Waals surface area (Å²) in [4.78, 5) is 11.7. The molecule has 0 saturated carbocycles. The average molecular weight is 212 g/mol. The molecule has 1 aromatic rings. The fourth-order valence-electron chi connectivity index (χ4n) is 1.23. The first-order chi connectivity index (χ1) is 7.06. The monoisotopic (exact) mass is 212 g/mol. The Morgan fingerprint density at radius 1 is 1.60 bits per heavy atom. The van der Waals surface area contributed by atoms with Crippen LogP contribution in [0.25, 0.3) is 0 Å². The molecular weight excluding hydrogens is 196 g/mol. The molecule has 1 unspecified atom stereocenters. The van der Waals surface area contributed by atoms with Crippen LogP contribution < -0.4 is 5.32 Å². The van der Waals surface area contributed by atoms with Crippen LogP contribution in [0.5, 0.6) is 0 Å². The van der Waals surface area contributed by atoms with E-state index in [1.807, 2.05) is 13.8 Å². The number of aliphatic hydroxyl groups excluding tert-OH is 1. The van der Waals surface area contributed by atoms with E-state index in [1.165, 1.54) is 6.33 Å². The van der Waals surface area contributed by atoms with Crippen molar-refractivity contribution in [3.05, 3.63) is 12.2 Å². The third-order valence-electron chi connectivity index (χ3n) is 2.02. The van der Waals surface area contributed by atoms with E-state index in [2.05, 4.69) is 15.5 Å². The molecule has 6 nitrogen and oxygen atoms in total. The fourth-order valence-corrected chi connectivity index (χ4v) is 1.23. The Hall–Kier alpha value is -1.43. The van der Waals surface area contributed by atoms with E-state index in [1.54, 1.807) is 11.5 Å². The number of carbonyl (C=O) groups is 1. The lowest BCUT2D eigenvalue weighted by atomic mass is 10.2. The van der Waals surface area contributed by atoms with Crippen molar-refractivity contribution >= 4 is 5.91 Å². The Kier molecular flexibility index (Phi) is 3.79. The zero-order valence-electron chi connectivity index (χ0n) is 9.14. The topological polar surface area (TPSA) is 80.0 Å². The number of aliphatic hydroxyl groups is 1. The van der Waals surface area contributed by atoms with Crippen molar-refractivity contribution in [1.82, 2.24) is 20.1 Å². The molecule has 1 aromatic heterocycles. The lowest BCUT2D eigenvalue weighted by Gasteiger charge is -2.16. The molecule has 1 atom stereocenters. The second kappa shape index (κ2) is 4.88. The lowest BCUT2D eigenvalue weighted by Crippen LogP contribution is -2.36. The molecule has 1 heterocycles. The number of hydrogen-bond acceptors (Lipinski definition) is 4. The lowest BCUT2D eigenvalue weighted by molar-refractivity contribution is -0.124. The highest BCUT2D eigenvalue weighted by molar-refractivity contribution is 5.80. The Balaban J connectivity index is 2.75. The molecule has 0 aliphatic rings. The Morgan fingerprint density at radius 3 is 2.80 bits per heavy atom. The van der Waals surface area contributed by atoms with Gasteiger partial charge in [0.05, 0.1) is 0 Å². The number of amides is 1. The van der Waals surface area contributed by atoms with Crippen LogP contribution in [0.4, 0.5) is 0 Å². The SMILES string of the molecule is CC(C)NC(=O)C(C)n1cnnc1CO. The first kappa shape index (κ1) is 11.6. The standard InChI is InChI=1S/C9H16N4O2/c1-6(2)11-9(15)7(3)13-5-10-12-8(13)4-14/h5-7,14H,4H2,1-3H3,(H,11,15). The largest absolute Gasteiger partial charge is 0.388 e. The number of carbonyl (C=O) groups excluding carboxylic acids is 1. The molecule has 15 heavy (non-hydrogen) atoms. The van der Waals surface area contributed by atoms with E-state index in [0.29, 0.717) is 5.82 Å². The van der Waals surface area contributed by atoms with Crippen LogP contribution in [0, 0.1) is 0 Å². The Labute approximate surface area is 88.3 Å². The quantitative estimate of drug-likeness (QED) is 0.727. The zero-order valence-corrected chi connectivity index (χ0v) is 9.14. The van der Waals surface area contributed by atoms with Crippen LogP contribution in [0.2, 0.25) is 0 Å². The van der Waals surface area contributed by atoms with Gasteiger partial charge in [0.2, 0.25) is 5.91 Å². The average Bonchev–Trinajstić information content (AvgIpc) is 2.62. The van der Waals surface area contributed by atoms with Crippen LogP contribution in [0.3, 0.4) is 0 Å². The van der Waals surface area contributed by atoms with Gasteiger partial charge in [-0.05, 0) is 20.8 Å². The minimum Gasteiger partial charge on any atom is -0.388 e. The highest BCUT2D eigenvalue weighted by Crippen LogP contribution is 2.08. The van der Waals surface area contributed by atoms with Gasteiger partial charge in [0, 0.05) is 6.04 Å². The molecule has 0 radical (unpaired) electrons. The van der Waals surface area contributed by atoms with E-state index in [0.717, 1.165) is 0 Å². The summed E-state index contributed by atoms with van der Waals surface area (Å²) in [7, 11) is 0. The predicted octanol–water partition coefficient (Wildman–Crippen LogP) is -0.144. The molecule has 0 aromatic carbocycles. The number of rotatable bonds is 4. The van der Waals surface area contributed by atoms with Crippen LogP contribution in [0.1, 0.15) is 32.6 Å². The maximum Gasteiger partial charge on any atom is 0.243 e. The predicted molar refractivity (Wildman–Crippen MR) is 53.9 cm³/mol. The molecule has 0 aliphatic heterocycles. The zero-order chi connectivity index (χ0) is 11.4. The maximum absolute atomic E-state index is 11.7. The van der Waals surface area contributed by atoms with Gasteiger partial charge in [-0.2, -0.15) is 0 Å². The molecule has 84 valence electrons. The van der Waals surface area contributed by atoms with Crippen molar-refractivity contribution in [2.24, 2.45) is 0 Å². The minimum absolute atomic E-state index is 0.0917. The summed E-state index contributed by atoms with van der Waals surface area (Å²) in [5, 5.41) is 19.1. The van der Waals surface area contributed by atoms with Gasteiger partial charge in [0.1, 0.15) is 19.0 Å². The van der Waals surface area contributed by atoms with Crippen LogP contribution >= 0.6 is 0 Å². The van der Waals surface area contributed by atoms with E-state index < -0.39 is 6.04 Å². The van der Waals surface area contributed by atoms with Gasteiger partial charge in [-0.3, -0.25) is 4.79 Å². The van der Waals surface area contributed by atoms with Crippen LogP contribution in [0.15, 0.2) is 6.33 Å². The fraction of sp³-hybridized carbons (Fsp3) is 0.667. The molecule has 0 bridgehead atoms. The third-order valence-corrected chi connectivity index (χ3v) is 2.02. The first-order valence-electron chi connectivity index (χ1n) is 4.86. The maximum atomic E-state index is 11.7. The van der Waals surface area contributed by atoms with Crippen molar-refractivity contribution < 1.29 is 9.90 Å². The van der Waals surface area contributed by atoms with Gasteiger partial charge in [-0.15, -0.1) is 10.2 Å². The summed E-state index contributed by atoms with van der Waals surface area (Å²) in [6.07, 6.45) is 1.44. The summed E-state index contributed by atoms with van der Waals surface area (Å²) >= 11 is 0. The summed E-state index contributed by atoms with van der Waals surface area (Å²) in [5.74, 6) is 0.279. The Bertz CT molecular complexity index is 335. The van der Waals surface area contributed by atoms with Gasteiger partial charge in [-0.25, -0.2) is 0 Å². The molecule has 1 amide bonds. The van der Waals surface area contributed by atoms with Gasteiger partial charge in [0.15, 0.2) is 5.82 Å². The van der Waals surface area contributed by atoms with E-state index in [4.69, 9.17) is 5.11 Å². The van der Waals surface area contributed by atoms with Crippen molar-refractivity contribution in [3.63, 3.8) is 0 Å². The summed E-state index contributed by atoms with van der Waals surface area (Å²) in [5.41, 5.74) is 0. The molecule has 6 heteroatoms. The van der Waals surface area contributed by atoms with Gasteiger partial charge in [0.25, 0.3) is 0 Å². The molecule has 0 spiro atoms. The smallest absolute Gasteiger partial charge is 0.243 e. The van der Waals surface area contributed by atoms with Gasteiger partial charge in [-0.1, -0.05) is 0 Å². The molecule has 0 fully saturated rings. The third kappa shape index (κ3) is 2.76. The van der Waals surface area contributed by atoms with Crippen molar-refractivity contribution in [2.45, 2.75) is 39.5 Å². The van der Waals surface area contributed by atoms with E-state index in [-0.39, 0.29) is 18.6 Å². The summed E-state index contributed by atoms with van der Waals surface area (Å²) < 4.78 is 1.55. The van der Waals surface area contributed by atoms with Crippen LogP contribution in [-0.2, 0) is 11.4 Å². The molecule has 1 rings (SSSR count).